The summed E-state index contributed by atoms with van der Waals surface area (Å²) in [5.74, 6) is -0.214. The molecule has 0 saturated heterocycles. The van der Waals surface area contributed by atoms with Crippen molar-refractivity contribution in [3.8, 4) is 5.75 Å². The van der Waals surface area contributed by atoms with Gasteiger partial charge in [0.1, 0.15) is 11.8 Å². The topological polar surface area (TPSA) is 72.5 Å². The van der Waals surface area contributed by atoms with Crippen molar-refractivity contribution in [2.75, 3.05) is 6.61 Å². The monoisotopic (exact) mass is 265 g/mol. The first-order valence-electron chi connectivity index (χ1n) is 6.44. The van der Waals surface area contributed by atoms with E-state index >= 15 is 0 Å². The Morgan fingerprint density at radius 3 is 2.53 bits per heavy atom. The molecule has 1 aromatic rings. The molecule has 0 spiro atoms. The van der Waals surface area contributed by atoms with Crippen LogP contribution in [0.4, 0.5) is 0 Å². The summed E-state index contributed by atoms with van der Waals surface area (Å²) in [4.78, 5) is 10.6. The molecule has 1 unspecified atom stereocenters. The zero-order valence-corrected chi connectivity index (χ0v) is 12.1. The van der Waals surface area contributed by atoms with Crippen molar-refractivity contribution in [2.45, 2.75) is 45.6 Å². The van der Waals surface area contributed by atoms with E-state index in [2.05, 4.69) is 26.8 Å². The molecule has 0 fully saturated rings. The molecule has 0 heterocycles. The van der Waals surface area contributed by atoms with E-state index in [0.717, 1.165) is 11.3 Å². The molecule has 3 N–H and O–H groups in total. The quantitative estimate of drug-likeness (QED) is 0.857. The summed E-state index contributed by atoms with van der Waals surface area (Å²) in [5.41, 5.74) is 7.83. The van der Waals surface area contributed by atoms with Gasteiger partial charge >= 0.3 is 5.97 Å². The van der Waals surface area contributed by atoms with E-state index in [9.17, 15) is 4.79 Å². The lowest BCUT2D eigenvalue weighted by atomic mass is 9.86. The molecular weight excluding hydrogens is 242 g/mol. The predicted molar refractivity (Wildman–Crippen MR) is 75.6 cm³/mol. The van der Waals surface area contributed by atoms with Gasteiger partial charge < -0.3 is 15.6 Å². The van der Waals surface area contributed by atoms with Crippen LogP contribution in [0.3, 0.4) is 0 Å². The van der Waals surface area contributed by atoms with E-state index in [1.807, 2.05) is 19.1 Å². The van der Waals surface area contributed by atoms with Crippen molar-refractivity contribution in [1.29, 1.82) is 0 Å². The molecule has 0 aliphatic carbocycles. The van der Waals surface area contributed by atoms with Gasteiger partial charge in [-0.15, -0.1) is 0 Å². The summed E-state index contributed by atoms with van der Waals surface area (Å²) in [5, 5.41) is 8.68. The molecule has 0 amide bonds. The molecule has 1 rings (SSSR count). The van der Waals surface area contributed by atoms with Gasteiger partial charge in [-0.1, -0.05) is 32.9 Å². The van der Waals surface area contributed by atoms with Crippen molar-refractivity contribution >= 4 is 5.97 Å². The normalized spacial score (nSPS) is 13.1. The summed E-state index contributed by atoms with van der Waals surface area (Å²) in [6, 6.07) is 5.21. The second kappa shape index (κ2) is 6.06. The smallest absolute Gasteiger partial charge is 0.320 e. The van der Waals surface area contributed by atoms with E-state index < -0.39 is 12.0 Å². The minimum atomic E-state index is -0.997. The maximum Gasteiger partial charge on any atom is 0.320 e. The Labute approximate surface area is 114 Å². The van der Waals surface area contributed by atoms with Crippen molar-refractivity contribution in [1.82, 2.24) is 0 Å². The maximum absolute atomic E-state index is 10.6. The molecule has 19 heavy (non-hydrogen) atoms. The number of carboxylic acids is 1. The van der Waals surface area contributed by atoms with Crippen LogP contribution < -0.4 is 10.5 Å². The highest BCUT2D eigenvalue weighted by molar-refractivity contribution is 5.72. The third-order valence-corrected chi connectivity index (χ3v) is 3.04. The summed E-state index contributed by atoms with van der Waals surface area (Å²) in [6.45, 7) is 8.78. The average Bonchev–Trinajstić information content (AvgIpc) is 2.29. The fourth-order valence-electron chi connectivity index (χ4n) is 1.70. The number of aliphatic carboxylic acids is 1. The Kier molecular flexibility index (Phi) is 4.95. The Bertz CT molecular complexity index is 449. The Morgan fingerprint density at radius 2 is 2.05 bits per heavy atom. The minimum Gasteiger partial charge on any atom is -0.493 e. The zero-order chi connectivity index (χ0) is 14.6. The molecule has 106 valence electrons. The van der Waals surface area contributed by atoms with Gasteiger partial charge in [-0.25, -0.2) is 0 Å². The molecule has 0 bridgehead atoms. The van der Waals surface area contributed by atoms with Gasteiger partial charge in [-0.2, -0.15) is 0 Å². The Morgan fingerprint density at radius 1 is 1.42 bits per heavy atom. The van der Waals surface area contributed by atoms with Crippen LogP contribution in [0.1, 0.15) is 38.3 Å². The number of ether oxygens (including phenoxy) is 1. The summed E-state index contributed by atoms with van der Waals surface area (Å²) in [7, 11) is 0. The maximum atomic E-state index is 10.6. The van der Waals surface area contributed by atoms with Crippen molar-refractivity contribution in [2.24, 2.45) is 5.73 Å². The molecule has 1 atom stereocenters. The number of hydrogen-bond acceptors (Lipinski definition) is 3. The van der Waals surface area contributed by atoms with Crippen molar-refractivity contribution < 1.29 is 14.6 Å². The molecule has 0 aliphatic rings. The van der Waals surface area contributed by atoms with Crippen LogP contribution in [-0.4, -0.2) is 23.7 Å². The number of rotatable bonds is 5. The standard InChI is InChI=1S/C15H23NO3/c1-10-9-11(15(2,3)4)5-6-13(10)19-8-7-12(16)14(17)18/h5-6,9,12H,7-8,16H2,1-4H3,(H,17,18). The second-order valence-corrected chi connectivity index (χ2v) is 5.81. The van der Waals surface area contributed by atoms with E-state index in [4.69, 9.17) is 15.6 Å². The first kappa shape index (κ1) is 15.5. The number of carbonyl (C=O) groups is 1. The van der Waals surface area contributed by atoms with Crippen LogP contribution in [0.5, 0.6) is 5.75 Å². The molecule has 0 radical (unpaired) electrons. The highest BCUT2D eigenvalue weighted by Gasteiger charge is 2.15. The minimum absolute atomic E-state index is 0.106. The van der Waals surface area contributed by atoms with Gasteiger partial charge in [0.15, 0.2) is 0 Å². The lowest BCUT2D eigenvalue weighted by molar-refractivity contribution is -0.138. The molecule has 1 aromatic carbocycles. The highest BCUT2D eigenvalue weighted by Crippen LogP contribution is 2.27. The zero-order valence-electron chi connectivity index (χ0n) is 12.1. The molecule has 0 aliphatic heterocycles. The Hall–Kier alpha value is -1.55. The van der Waals surface area contributed by atoms with Crippen LogP contribution in [0.15, 0.2) is 18.2 Å². The van der Waals surface area contributed by atoms with Crippen molar-refractivity contribution in [3.63, 3.8) is 0 Å². The number of aryl methyl sites for hydroxylation is 1. The molecule has 4 heteroatoms. The van der Waals surface area contributed by atoms with Gasteiger partial charge in [-0.05, 0) is 29.5 Å². The highest BCUT2D eigenvalue weighted by atomic mass is 16.5. The van der Waals surface area contributed by atoms with Gasteiger partial charge in [0.2, 0.25) is 0 Å². The summed E-state index contributed by atoms with van der Waals surface area (Å²) < 4.78 is 5.58. The van der Waals surface area contributed by atoms with Crippen molar-refractivity contribution in [3.05, 3.63) is 29.3 Å². The predicted octanol–water partition coefficient (Wildman–Crippen LogP) is 2.47. The Balaban J connectivity index is 2.63. The van der Waals surface area contributed by atoms with E-state index in [1.165, 1.54) is 5.56 Å². The number of hydrogen-bond donors (Lipinski definition) is 2. The molecule has 0 aromatic heterocycles. The lowest BCUT2D eigenvalue weighted by Gasteiger charge is -2.20. The SMILES string of the molecule is Cc1cc(C(C)(C)C)ccc1OCCC(N)C(=O)O. The summed E-state index contributed by atoms with van der Waals surface area (Å²) >= 11 is 0. The largest absolute Gasteiger partial charge is 0.493 e. The van der Waals surface area contributed by atoms with Gasteiger partial charge in [0.25, 0.3) is 0 Å². The van der Waals surface area contributed by atoms with Crippen LogP contribution in [0.25, 0.3) is 0 Å². The van der Waals surface area contributed by atoms with Gasteiger partial charge in [0, 0.05) is 6.42 Å². The van der Waals surface area contributed by atoms with E-state index in [0.29, 0.717) is 13.0 Å². The fraction of sp³-hybridized carbons (Fsp3) is 0.533. The fourth-order valence-corrected chi connectivity index (χ4v) is 1.70. The number of nitrogens with two attached hydrogens (primary N) is 1. The van der Waals surface area contributed by atoms with E-state index in [1.54, 1.807) is 0 Å². The average molecular weight is 265 g/mol. The molecular formula is C15H23NO3. The van der Waals surface area contributed by atoms with E-state index in [-0.39, 0.29) is 5.41 Å². The molecule has 0 saturated carbocycles. The van der Waals surface area contributed by atoms with Gasteiger partial charge in [0.05, 0.1) is 6.61 Å². The third kappa shape index (κ3) is 4.56. The number of benzene rings is 1. The van der Waals surface area contributed by atoms with Crippen LogP contribution in [0.2, 0.25) is 0 Å². The second-order valence-electron chi connectivity index (χ2n) is 5.81. The molecule has 4 nitrogen and oxygen atoms in total. The summed E-state index contributed by atoms with van der Waals surface area (Å²) in [6.07, 6.45) is 0.301. The number of carboxylic acid groups (broad SMARTS) is 1. The lowest BCUT2D eigenvalue weighted by Crippen LogP contribution is -2.31. The van der Waals surface area contributed by atoms with Crippen LogP contribution in [0, 0.1) is 6.92 Å². The first-order chi connectivity index (χ1) is 8.71. The van der Waals surface area contributed by atoms with Crippen LogP contribution >= 0.6 is 0 Å². The van der Waals surface area contributed by atoms with Crippen LogP contribution in [-0.2, 0) is 10.2 Å². The first-order valence-corrected chi connectivity index (χ1v) is 6.44. The third-order valence-electron chi connectivity index (χ3n) is 3.04. The van der Waals surface area contributed by atoms with Gasteiger partial charge in [-0.3, -0.25) is 4.79 Å².